The van der Waals surface area contributed by atoms with Crippen molar-refractivity contribution in [2.75, 3.05) is 0 Å². The van der Waals surface area contributed by atoms with Gasteiger partial charge in [-0.3, -0.25) is 0 Å². The van der Waals surface area contributed by atoms with Crippen LogP contribution < -0.4 is 0 Å². The van der Waals surface area contributed by atoms with E-state index in [0.717, 1.165) is 11.1 Å². The standard InChI is InChI=1S/2C6H7O.2C5H5.2Fe/c2*7-5-6-3-1-2-4-6;2*1-2-4-5-3-1;;/h2*1-4,7H,5H2;2*1-5H;;/q4*-1;2*+2. The van der Waals surface area contributed by atoms with Crippen LogP contribution in [0.3, 0.4) is 0 Å². The second-order valence-electron chi connectivity index (χ2n) is 4.83. The number of aliphatic hydroxyl groups is 2. The Hall–Kier alpha value is -1.64. The predicted octanol–water partition coefficient (Wildman–Crippen LogP) is 4.60. The van der Waals surface area contributed by atoms with Crippen LogP contribution in [0, 0.1) is 0 Å². The Labute approximate surface area is 177 Å². The Balaban J connectivity index is 0. The summed E-state index contributed by atoms with van der Waals surface area (Å²) in [6, 6.07) is 35.2. The van der Waals surface area contributed by atoms with Crippen LogP contribution in [0.1, 0.15) is 11.1 Å². The van der Waals surface area contributed by atoms with Crippen molar-refractivity contribution in [1.29, 1.82) is 0 Å². The molecule has 0 spiro atoms. The monoisotopic (exact) mass is 432 g/mol. The molecule has 2 N–H and O–H groups in total. The Kier molecular flexibility index (Phi) is 20.1. The van der Waals surface area contributed by atoms with E-state index in [1.807, 2.05) is 109 Å². The molecule has 0 unspecified atom stereocenters. The van der Waals surface area contributed by atoms with Crippen molar-refractivity contribution in [3.8, 4) is 0 Å². The maximum atomic E-state index is 8.43. The molecule has 4 rings (SSSR count). The predicted molar refractivity (Wildman–Crippen MR) is 100.0 cm³/mol. The van der Waals surface area contributed by atoms with E-state index in [4.69, 9.17) is 10.2 Å². The summed E-state index contributed by atoms with van der Waals surface area (Å²) in [5, 5.41) is 16.9. The minimum absolute atomic E-state index is 0. The third kappa shape index (κ3) is 14.7. The van der Waals surface area contributed by atoms with Crippen molar-refractivity contribution in [2.45, 2.75) is 13.2 Å². The van der Waals surface area contributed by atoms with Gasteiger partial charge >= 0.3 is 34.1 Å². The zero-order valence-electron chi connectivity index (χ0n) is 14.4. The minimum atomic E-state index is 0. The Morgan fingerprint density at radius 1 is 0.500 bits per heavy atom. The van der Waals surface area contributed by atoms with E-state index in [2.05, 4.69) is 0 Å². The summed E-state index contributed by atoms with van der Waals surface area (Å²) in [4.78, 5) is 0. The van der Waals surface area contributed by atoms with Crippen LogP contribution in [0.4, 0.5) is 0 Å². The fraction of sp³-hybridized carbons (Fsp3) is 0.0909. The summed E-state index contributed by atoms with van der Waals surface area (Å²) in [6.45, 7) is 0.319. The van der Waals surface area contributed by atoms with Gasteiger partial charge in [-0.1, -0.05) is 0 Å². The van der Waals surface area contributed by atoms with Crippen LogP contribution in [0.15, 0.2) is 109 Å². The zero-order chi connectivity index (χ0) is 17.3. The molecule has 0 aromatic heterocycles. The smallest absolute Gasteiger partial charge is 0.404 e. The van der Waals surface area contributed by atoms with Gasteiger partial charge < -0.3 is 10.2 Å². The molecule has 2 nitrogen and oxygen atoms in total. The van der Waals surface area contributed by atoms with E-state index in [9.17, 15) is 0 Å². The molecule has 4 heteroatoms. The van der Waals surface area contributed by atoms with Gasteiger partial charge in [0.1, 0.15) is 0 Å². The fourth-order valence-electron chi connectivity index (χ4n) is 1.68. The number of aliphatic hydroxyl groups excluding tert-OH is 2. The van der Waals surface area contributed by atoms with Crippen molar-refractivity contribution >= 4 is 0 Å². The van der Waals surface area contributed by atoms with E-state index in [1.54, 1.807) is 0 Å². The van der Waals surface area contributed by atoms with E-state index < -0.39 is 0 Å². The maximum absolute atomic E-state index is 8.43. The summed E-state index contributed by atoms with van der Waals surface area (Å²) < 4.78 is 0. The number of rotatable bonds is 2. The summed E-state index contributed by atoms with van der Waals surface area (Å²) in [6.07, 6.45) is 0. The molecule has 0 radical (unpaired) electrons. The van der Waals surface area contributed by atoms with E-state index in [1.165, 1.54) is 0 Å². The molecule has 0 heterocycles. The zero-order valence-corrected chi connectivity index (χ0v) is 16.6. The van der Waals surface area contributed by atoms with E-state index in [0.29, 0.717) is 0 Å². The summed E-state index contributed by atoms with van der Waals surface area (Å²) in [5.74, 6) is 0. The molecular formula is C22H24Fe2O2. The molecule has 4 aromatic carbocycles. The van der Waals surface area contributed by atoms with Crippen LogP contribution in [-0.2, 0) is 47.4 Å². The summed E-state index contributed by atoms with van der Waals surface area (Å²) >= 11 is 0. The molecule has 0 saturated carbocycles. The van der Waals surface area contributed by atoms with Gasteiger partial charge in [0.2, 0.25) is 0 Å². The van der Waals surface area contributed by atoms with Crippen LogP contribution in [-0.4, -0.2) is 10.2 Å². The van der Waals surface area contributed by atoms with Gasteiger partial charge in [-0.05, 0) is 0 Å². The van der Waals surface area contributed by atoms with E-state index >= 15 is 0 Å². The molecule has 26 heavy (non-hydrogen) atoms. The quantitative estimate of drug-likeness (QED) is 0.359. The van der Waals surface area contributed by atoms with Gasteiger partial charge in [-0.25, -0.2) is 48.5 Å². The SMILES string of the molecule is OC[c-]1cccc1.OC[c-]1cccc1.[Fe+2].[Fe+2].c1cc[cH-]c1.c1cc[cH-]c1. The summed E-state index contributed by atoms with van der Waals surface area (Å²) in [5.41, 5.74) is 1.97. The van der Waals surface area contributed by atoms with E-state index in [-0.39, 0.29) is 47.4 Å². The number of hydrogen-bond acceptors (Lipinski definition) is 2. The summed E-state index contributed by atoms with van der Waals surface area (Å²) in [7, 11) is 0. The molecule has 0 atom stereocenters. The first kappa shape index (κ1) is 26.6. The molecule has 0 saturated heterocycles. The minimum Gasteiger partial charge on any atom is -0.404 e. The van der Waals surface area contributed by atoms with Crippen LogP contribution in [0.2, 0.25) is 0 Å². The normalized spacial score (nSPS) is 8.08. The molecule has 0 aliphatic rings. The Morgan fingerprint density at radius 2 is 0.769 bits per heavy atom. The van der Waals surface area contributed by atoms with Crippen LogP contribution in [0.5, 0.6) is 0 Å². The van der Waals surface area contributed by atoms with Crippen molar-refractivity contribution in [2.24, 2.45) is 0 Å². The largest absolute Gasteiger partial charge is 2.00 e. The van der Waals surface area contributed by atoms with Gasteiger partial charge in [0, 0.05) is 13.2 Å². The first-order valence-electron chi connectivity index (χ1n) is 7.83. The molecule has 0 fully saturated rings. The average molecular weight is 432 g/mol. The van der Waals surface area contributed by atoms with Gasteiger partial charge in [0.05, 0.1) is 0 Å². The van der Waals surface area contributed by atoms with Gasteiger partial charge in [0.15, 0.2) is 0 Å². The second-order valence-corrected chi connectivity index (χ2v) is 4.83. The first-order valence-corrected chi connectivity index (χ1v) is 7.83. The van der Waals surface area contributed by atoms with Crippen molar-refractivity contribution in [1.82, 2.24) is 0 Å². The fourth-order valence-corrected chi connectivity index (χ4v) is 1.68. The maximum Gasteiger partial charge on any atom is 2.00 e. The van der Waals surface area contributed by atoms with Gasteiger partial charge in [0.25, 0.3) is 0 Å². The van der Waals surface area contributed by atoms with Gasteiger partial charge in [-0.2, -0.15) is 60.7 Å². The third-order valence-corrected chi connectivity index (χ3v) is 2.94. The molecule has 0 amide bonds. The van der Waals surface area contributed by atoms with Gasteiger partial charge in [-0.15, -0.1) is 11.1 Å². The second kappa shape index (κ2) is 19.7. The Bertz CT molecular complexity index is 542. The first-order chi connectivity index (χ1) is 11.9. The van der Waals surface area contributed by atoms with Crippen LogP contribution >= 0.6 is 0 Å². The van der Waals surface area contributed by atoms with Crippen LogP contribution in [0.25, 0.3) is 0 Å². The average Bonchev–Trinajstić information content (AvgIpc) is 3.46. The number of hydrogen-bond donors (Lipinski definition) is 2. The molecular weight excluding hydrogens is 408 g/mol. The molecule has 0 aliphatic carbocycles. The topological polar surface area (TPSA) is 40.5 Å². The van der Waals surface area contributed by atoms with Crippen molar-refractivity contribution in [3.63, 3.8) is 0 Å². The Morgan fingerprint density at radius 3 is 0.885 bits per heavy atom. The molecule has 0 aliphatic heterocycles. The van der Waals surface area contributed by atoms with Crippen molar-refractivity contribution in [3.05, 3.63) is 120 Å². The third-order valence-electron chi connectivity index (χ3n) is 2.94. The molecule has 0 bridgehead atoms. The molecule has 140 valence electrons. The van der Waals surface area contributed by atoms with Crippen molar-refractivity contribution < 1.29 is 44.4 Å². The molecule has 4 aromatic rings.